The van der Waals surface area contributed by atoms with Crippen LogP contribution in [0.15, 0.2) is 0 Å². The zero-order chi connectivity index (χ0) is 13.3. The highest BCUT2D eigenvalue weighted by atomic mass is 15.1. The van der Waals surface area contributed by atoms with E-state index in [1.807, 2.05) is 0 Å². The van der Waals surface area contributed by atoms with Crippen LogP contribution in [0.1, 0.15) is 47.0 Å². The Kier molecular flexibility index (Phi) is 9.85. The van der Waals surface area contributed by atoms with Crippen molar-refractivity contribution >= 4 is 0 Å². The first-order valence-corrected chi connectivity index (χ1v) is 7.32. The summed E-state index contributed by atoms with van der Waals surface area (Å²) in [5.41, 5.74) is 0. The number of hydrogen-bond acceptors (Lipinski definition) is 2. The second kappa shape index (κ2) is 9.90. The summed E-state index contributed by atoms with van der Waals surface area (Å²) in [7, 11) is 4.37. The molecule has 0 aliphatic carbocycles. The molecule has 0 bridgehead atoms. The van der Waals surface area contributed by atoms with Crippen LogP contribution in [0.5, 0.6) is 0 Å². The number of piperidine rings is 1. The van der Waals surface area contributed by atoms with Gasteiger partial charge in [-0.3, -0.25) is 0 Å². The van der Waals surface area contributed by atoms with Crippen LogP contribution in [0.3, 0.4) is 0 Å². The highest BCUT2D eigenvalue weighted by Crippen LogP contribution is 2.13. The average molecular weight is 242 g/mol. The van der Waals surface area contributed by atoms with Crippen molar-refractivity contribution in [3.8, 4) is 0 Å². The van der Waals surface area contributed by atoms with E-state index in [1.54, 1.807) is 0 Å². The second-order valence-corrected chi connectivity index (χ2v) is 6.06. The van der Waals surface area contributed by atoms with Gasteiger partial charge in [-0.1, -0.05) is 27.7 Å². The number of hydrogen-bond donors (Lipinski definition) is 0. The fraction of sp³-hybridized carbons (Fsp3) is 1.00. The molecular weight excluding hydrogens is 208 g/mol. The van der Waals surface area contributed by atoms with Crippen molar-refractivity contribution in [2.75, 3.05) is 40.3 Å². The lowest BCUT2D eigenvalue weighted by atomic mass is 10.00. The van der Waals surface area contributed by atoms with Gasteiger partial charge in [0.1, 0.15) is 0 Å². The van der Waals surface area contributed by atoms with Gasteiger partial charge in [-0.15, -0.1) is 0 Å². The maximum absolute atomic E-state index is 2.40. The molecule has 0 aromatic heterocycles. The van der Waals surface area contributed by atoms with Crippen molar-refractivity contribution in [2.24, 2.45) is 11.8 Å². The molecule has 17 heavy (non-hydrogen) atoms. The van der Waals surface area contributed by atoms with E-state index in [9.17, 15) is 0 Å². The lowest BCUT2D eigenvalue weighted by Crippen LogP contribution is -2.28. The van der Waals surface area contributed by atoms with E-state index in [0.717, 1.165) is 11.8 Å². The Morgan fingerprint density at radius 2 is 1.76 bits per heavy atom. The molecule has 0 amide bonds. The predicted molar refractivity (Wildman–Crippen MR) is 78.5 cm³/mol. The number of nitrogens with zero attached hydrogens (tertiary/aromatic N) is 2. The van der Waals surface area contributed by atoms with Crippen molar-refractivity contribution in [1.82, 2.24) is 9.80 Å². The van der Waals surface area contributed by atoms with Gasteiger partial charge in [-0.25, -0.2) is 0 Å². The predicted octanol–water partition coefficient (Wildman–Crippen LogP) is 3.33. The van der Waals surface area contributed by atoms with Crippen molar-refractivity contribution in [3.63, 3.8) is 0 Å². The Labute approximate surface area is 109 Å². The topological polar surface area (TPSA) is 6.48 Å². The third-order valence-corrected chi connectivity index (χ3v) is 3.64. The zero-order valence-electron chi connectivity index (χ0n) is 13.0. The first kappa shape index (κ1) is 16.9. The molecule has 104 valence electrons. The van der Waals surface area contributed by atoms with Gasteiger partial charge in [0.2, 0.25) is 0 Å². The Morgan fingerprint density at radius 1 is 1.24 bits per heavy atom. The first-order chi connectivity index (χ1) is 7.95. The van der Waals surface area contributed by atoms with Gasteiger partial charge in [0.15, 0.2) is 0 Å². The molecule has 1 saturated heterocycles. The Morgan fingerprint density at radius 3 is 2.12 bits per heavy atom. The van der Waals surface area contributed by atoms with Gasteiger partial charge in [0.25, 0.3) is 0 Å². The summed E-state index contributed by atoms with van der Waals surface area (Å²) in [4.78, 5) is 4.75. The average Bonchev–Trinajstić information content (AvgIpc) is 2.30. The van der Waals surface area contributed by atoms with E-state index in [4.69, 9.17) is 0 Å². The summed E-state index contributed by atoms with van der Waals surface area (Å²) in [6.45, 7) is 14.1. The Bertz CT molecular complexity index is 150. The van der Waals surface area contributed by atoms with Crippen LogP contribution in [0.4, 0.5) is 0 Å². The van der Waals surface area contributed by atoms with E-state index in [-0.39, 0.29) is 0 Å². The molecule has 0 aromatic rings. The molecule has 0 radical (unpaired) electrons. The molecule has 2 nitrogen and oxygen atoms in total. The lowest BCUT2D eigenvalue weighted by Gasteiger charge is -2.26. The van der Waals surface area contributed by atoms with E-state index < -0.39 is 0 Å². The molecule has 2 heteroatoms. The fourth-order valence-corrected chi connectivity index (χ4v) is 1.77. The summed E-state index contributed by atoms with van der Waals surface area (Å²) in [5, 5.41) is 0. The zero-order valence-corrected chi connectivity index (χ0v) is 13.0. The molecular formula is C15H34N2. The van der Waals surface area contributed by atoms with Crippen LogP contribution in [-0.4, -0.2) is 50.1 Å². The summed E-state index contributed by atoms with van der Waals surface area (Å²) < 4.78 is 0. The van der Waals surface area contributed by atoms with Crippen LogP contribution in [0.2, 0.25) is 0 Å². The molecule has 0 atom stereocenters. The van der Waals surface area contributed by atoms with Crippen molar-refractivity contribution < 1.29 is 0 Å². The molecule has 0 N–H and O–H groups in total. The fourth-order valence-electron chi connectivity index (χ4n) is 1.77. The van der Waals surface area contributed by atoms with E-state index in [1.165, 1.54) is 45.4 Å². The summed E-state index contributed by atoms with van der Waals surface area (Å²) >= 11 is 0. The van der Waals surface area contributed by atoms with Gasteiger partial charge in [0, 0.05) is 0 Å². The SMILES string of the molecule is CC1CCN(C)CC1.CCN(C)CCC(C)C. The summed E-state index contributed by atoms with van der Waals surface area (Å²) in [6.07, 6.45) is 4.12. The number of likely N-dealkylation sites (tertiary alicyclic amines) is 1. The van der Waals surface area contributed by atoms with E-state index in [0.29, 0.717) is 0 Å². The molecule has 1 aliphatic rings. The minimum Gasteiger partial charge on any atom is -0.307 e. The number of rotatable bonds is 4. The minimum atomic E-state index is 0.846. The van der Waals surface area contributed by atoms with Gasteiger partial charge < -0.3 is 9.80 Å². The second-order valence-electron chi connectivity index (χ2n) is 6.06. The van der Waals surface area contributed by atoms with Crippen LogP contribution >= 0.6 is 0 Å². The van der Waals surface area contributed by atoms with Gasteiger partial charge in [-0.2, -0.15) is 0 Å². The first-order valence-electron chi connectivity index (χ1n) is 7.32. The standard InChI is InChI=1S/C8H19N.C7H15N/c1-5-9(4)7-6-8(2)3;1-7-3-5-8(2)6-4-7/h8H,5-7H2,1-4H3;7H,3-6H2,1-2H3. The van der Waals surface area contributed by atoms with Crippen LogP contribution < -0.4 is 0 Å². The molecule has 0 spiro atoms. The van der Waals surface area contributed by atoms with Gasteiger partial charge in [-0.05, 0) is 71.4 Å². The Balaban J connectivity index is 0.000000302. The quantitative estimate of drug-likeness (QED) is 0.746. The molecule has 0 saturated carbocycles. The maximum atomic E-state index is 2.40. The molecule has 1 rings (SSSR count). The van der Waals surface area contributed by atoms with Gasteiger partial charge in [0.05, 0.1) is 0 Å². The van der Waals surface area contributed by atoms with Crippen LogP contribution in [-0.2, 0) is 0 Å². The summed E-state index contributed by atoms with van der Waals surface area (Å²) in [5.74, 6) is 1.82. The third-order valence-electron chi connectivity index (χ3n) is 3.64. The molecule has 0 aromatic carbocycles. The highest BCUT2D eigenvalue weighted by Gasteiger charge is 2.10. The maximum Gasteiger partial charge on any atom is -0.00192 e. The molecule has 1 aliphatic heterocycles. The molecule has 0 unspecified atom stereocenters. The highest BCUT2D eigenvalue weighted by molar-refractivity contribution is 4.65. The van der Waals surface area contributed by atoms with Crippen molar-refractivity contribution in [3.05, 3.63) is 0 Å². The normalized spacial score (nSPS) is 18.4. The smallest absolute Gasteiger partial charge is 0.00192 e. The Hall–Kier alpha value is -0.0800. The molecule has 1 heterocycles. The summed E-state index contributed by atoms with van der Waals surface area (Å²) in [6, 6.07) is 0. The lowest BCUT2D eigenvalue weighted by molar-refractivity contribution is 0.230. The van der Waals surface area contributed by atoms with E-state index in [2.05, 4.69) is 51.6 Å². The van der Waals surface area contributed by atoms with Crippen molar-refractivity contribution in [2.45, 2.75) is 47.0 Å². The van der Waals surface area contributed by atoms with Crippen molar-refractivity contribution in [1.29, 1.82) is 0 Å². The van der Waals surface area contributed by atoms with E-state index >= 15 is 0 Å². The largest absolute Gasteiger partial charge is 0.307 e. The molecule has 1 fully saturated rings. The third kappa shape index (κ3) is 10.8. The minimum absolute atomic E-state index is 0.846. The monoisotopic (exact) mass is 242 g/mol. The van der Waals surface area contributed by atoms with Crippen LogP contribution in [0, 0.1) is 11.8 Å². The van der Waals surface area contributed by atoms with Crippen LogP contribution in [0.25, 0.3) is 0 Å². The van der Waals surface area contributed by atoms with Gasteiger partial charge >= 0.3 is 0 Å².